The first kappa shape index (κ1) is 25.1. The average Bonchev–Trinajstić information content (AvgIpc) is 2.90. The van der Waals surface area contributed by atoms with Crippen LogP contribution in [0.1, 0.15) is 26.3 Å². The van der Waals surface area contributed by atoms with Gasteiger partial charge in [-0.3, -0.25) is 4.79 Å². The topological polar surface area (TPSA) is 92.8 Å². The average molecular weight is 511 g/mol. The number of methoxy groups -OCH3 is 1. The van der Waals surface area contributed by atoms with Crippen molar-refractivity contribution in [2.45, 2.75) is 26.2 Å². The molecule has 2 N–H and O–H groups in total. The summed E-state index contributed by atoms with van der Waals surface area (Å²) in [4.78, 5) is 31.2. The fourth-order valence-corrected chi connectivity index (χ4v) is 4.51. The van der Waals surface area contributed by atoms with Gasteiger partial charge in [0.25, 0.3) is 5.91 Å². The van der Waals surface area contributed by atoms with Crippen molar-refractivity contribution < 1.29 is 19.1 Å². The molecule has 2 heterocycles. The number of ether oxygens (including phenoxy) is 2. The number of rotatable bonds is 4. The largest absolute Gasteiger partial charge is 0.495 e. The Morgan fingerprint density at radius 2 is 1.74 bits per heavy atom. The van der Waals surface area contributed by atoms with E-state index in [1.54, 1.807) is 25.3 Å². The van der Waals surface area contributed by atoms with Gasteiger partial charge in [-0.05, 0) is 46.2 Å². The first-order valence-electron chi connectivity index (χ1n) is 12.3. The first-order chi connectivity index (χ1) is 18.2. The Labute approximate surface area is 221 Å². The van der Waals surface area contributed by atoms with Gasteiger partial charge in [-0.2, -0.15) is 0 Å². The van der Waals surface area contributed by atoms with Gasteiger partial charge in [0.15, 0.2) is 6.61 Å². The van der Waals surface area contributed by atoms with Crippen molar-refractivity contribution in [3.05, 3.63) is 72.4 Å². The third kappa shape index (κ3) is 4.72. The predicted molar refractivity (Wildman–Crippen MR) is 150 cm³/mol. The van der Waals surface area contributed by atoms with Crippen molar-refractivity contribution in [1.29, 1.82) is 0 Å². The van der Waals surface area contributed by atoms with E-state index in [0.29, 0.717) is 28.7 Å². The highest BCUT2D eigenvalue weighted by molar-refractivity contribution is 6.10. The second-order valence-corrected chi connectivity index (χ2v) is 10.2. The fraction of sp³-hybridized carbons (Fsp3) is 0.233. The number of likely N-dealkylation sites (N-methyl/N-ethyl adjacent to an activating group) is 1. The fourth-order valence-electron chi connectivity index (χ4n) is 4.51. The third-order valence-electron chi connectivity index (χ3n) is 6.70. The molecular formula is C30H30N4O4. The predicted octanol–water partition coefficient (Wildman–Crippen LogP) is 6.21. The highest BCUT2D eigenvalue weighted by Crippen LogP contribution is 2.38. The number of pyridine rings is 1. The van der Waals surface area contributed by atoms with Gasteiger partial charge >= 0.3 is 6.03 Å². The molecule has 194 valence electrons. The van der Waals surface area contributed by atoms with Gasteiger partial charge in [0.05, 0.1) is 18.5 Å². The van der Waals surface area contributed by atoms with Crippen molar-refractivity contribution in [2.75, 3.05) is 36.3 Å². The van der Waals surface area contributed by atoms with E-state index < -0.39 is 0 Å². The van der Waals surface area contributed by atoms with Crippen LogP contribution in [0.2, 0.25) is 0 Å². The number of anilines is 3. The van der Waals surface area contributed by atoms with Crippen LogP contribution in [0, 0.1) is 0 Å². The maximum absolute atomic E-state index is 13.1. The summed E-state index contributed by atoms with van der Waals surface area (Å²) in [6, 6.07) is 19.0. The molecule has 5 rings (SSSR count). The summed E-state index contributed by atoms with van der Waals surface area (Å²) >= 11 is 0. The molecule has 3 aromatic carbocycles. The van der Waals surface area contributed by atoms with E-state index in [4.69, 9.17) is 9.47 Å². The summed E-state index contributed by atoms with van der Waals surface area (Å²) in [6.07, 6.45) is 1.73. The van der Waals surface area contributed by atoms with Crippen LogP contribution >= 0.6 is 0 Å². The highest BCUT2D eigenvalue weighted by atomic mass is 16.5. The number of nitrogens with zero attached hydrogens (tertiary/aromatic N) is 2. The lowest BCUT2D eigenvalue weighted by Gasteiger charge is -2.25. The van der Waals surface area contributed by atoms with Crippen LogP contribution in [0.5, 0.6) is 11.6 Å². The maximum atomic E-state index is 13.1. The SMILES string of the molecule is COc1ccc(C(C)(C)C)cc1NC(=O)Nc1ccc(-c2cnc3c(c2)N(C)C(=O)CO3)c2ccccc12. The summed E-state index contributed by atoms with van der Waals surface area (Å²) in [5.41, 5.74) is 4.65. The first-order valence-corrected chi connectivity index (χ1v) is 12.3. The third-order valence-corrected chi connectivity index (χ3v) is 6.70. The number of carbonyl (C=O) groups is 2. The monoisotopic (exact) mass is 510 g/mol. The Bertz CT molecular complexity index is 1560. The normalized spacial score (nSPS) is 13.1. The summed E-state index contributed by atoms with van der Waals surface area (Å²) < 4.78 is 10.9. The van der Waals surface area contributed by atoms with Crippen LogP contribution in [0.25, 0.3) is 21.9 Å². The minimum Gasteiger partial charge on any atom is -0.495 e. The Morgan fingerprint density at radius 3 is 2.47 bits per heavy atom. The molecule has 0 spiro atoms. The lowest BCUT2D eigenvalue weighted by molar-refractivity contribution is -0.121. The van der Waals surface area contributed by atoms with Gasteiger partial charge in [0.1, 0.15) is 11.4 Å². The Kier molecular flexibility index (Phi) is 6.40. The van der Waals surface area contributed by atoms with Gasteiger partial charge in [0, 0.05) is 24.2 Å². The molecule has 0 saturated carbocycles. The van der Waals surface area contributed by atoms with Gasteiger partial charge in [-0.15, -0.1) is 0 Å². The van der Waals surface area contributed by atoms with Crippen LogP contribution < -0.4 is 25.0 Å². The number of benzene rings is 3. The van der Waals surface area contributed by atoms with Gasteiger partial charge in [0.2, 0.25) is 5.88 Å². The molecule has 0 bridgehead atoms. The van der Waals surface area contributed by atoms with Gasteiger partial charge in [-0.25, -0.2) is 9.78 Å². The van der Waals surface area contributed by atoms with E-state index in [1.807, 2.05) is 60.7 Å². The van der Waals surface area contributed by atoms with Crippen LogP contribution in [0.3, 0.4) is 0 Å². The van der Waals surface area contributed by atoms with Crippen molar-refractivity contribution in [3.63, 3.8) is 0 Å². The molecule has 0 atom stereocenters. The molecule has 0 unspecified atom stereocenters. The van der Waals surface area contributed by atoms with Crippen LogP contribution in [0.4, 0.5) is 21.9 Å². The molecule has 3 amide bonds. The van der Waals surface area contributed by atoms with Gasteiger partial charge in [-0.1, -0.05) is 57.2 Å². The van der Waals surface area contributed by atoms with Crippen LogP contribution in [0.15, 0.2) is 66.9 Å². The number of hydrogen-bond acceptors (Lipinski definition) is 5. The molecule has 1 aromatic heterocycles. The molecule has 0 radical (unpaired) electrons. The van der Waals surface area contributed by atoms with E-state index in [0.717, 1.165) is 27.5 Å². The molecule has 1 aliphatic heterocycles. The lowest BCUT2D eigenvalue weighted by Crippen LogP contribution is -2.35. The number of hydrogen-bond donors (Lipinski definition) is 2. The maximum Gasteiger partial charge on any atom is 0.323 e. The van der Waals surface area contributed by atoms with E-state index in [2.05, 4.69) is 36.4 Å². The molecule has 8 heteroatoms. The zero-order valence-electron chi connectivity index (χ0n) is 22.1. The van der Waals surface area contributed by atoms with E-state index >= 15 is 0 Å². The summed E-state index contributed by atoms with van der Waals surface area (Å²) in [5.74, 6) is 0.887. The molecular weight excluding hydrogens is 480 g/mol. The second-order valence-electron chi connectivity index (χ2n) is 10.2. The number of amides is 3. The van der Waals surface area contributed by atoms with E-state index in [9.17, 15) is 9.59 Å². The number of nitrogens with one attached hydrogen (secondary N) is 2. The van der Waals surface area contributed by atoms with Gasteiger partial charge < -0.3 is 25.0 Å². The molecule has 4 aromatic rings. The lowest BCUT2D eigenvalue weighted by atomic mass is 9.87. The second kappa shape index (κ2) is 9.70. The van der Waals surface area contributed by atoms with Crippen molar-refractivity contribution in [1.82, 2.24) is 4.98 Å². The molecule has 1 aliphatic rings. The van der Waals surface area contributed by atoms with Crippen molar-refractivity contribution in [2.24, 2.45) is 0 Å². The number of urea groups is 1. The zero-order valence-corrected chi connectivity index (χ0v) is 22.1. The Balaban J connectivity index is 1.46. The van der Waals surface area contributed by atoms with Crippen molar-refractivity contribution in [3.8, 4) is 22.8 Å². The molecule has 0 aliphatic carbocycles. The van der Waals surface area contributed by atoms with Crippen LogP contribution in [-0.2, 0) is 10.2 Å². The number of carbonyl (C=O) groups excluding carboxylic acids is 2. The number of aromatic nitrogens is 1. The standard InChI is InChI=1S/C30H30N4O4/c1-30(2,3)19-10-13-26(37-5)24(15-19)33-29(36)32-23-12-11-20(21-8-6-7-9-22(21)23)18-14-25-28(31-16-18)38-17-27(35)34(25)4/h6-16H,17H2,1-5H3,(H2,32,33,36). The van der Waals surface area contributed by atoms with Crippen molar-refractivity contribution >= 4 is 39.8 Å². The number of fused-ring (bicyclic) bond motifs is 2. The molecule has 0 saturated heterocycles. The summed E-state index contributed by atoms with van der Waals surface area (Å²) in [5, 5.41) is 7.74. The smallest absolute Gasteiger partial charge is 0.323 e. The summed E-state index contributed by atoms with van der Waals surface area (Å²) in [7, 11) is 3.29. The van der Waals surface area contributed by atoms with E-state index in [-0.39, 0.29) is 24.0 Å². The molecule has 0 fully saturated rings. The summed E-state index contributed by atoms with van der Waals surface area (Å²) in [6.45, 7) is 6.33. The molecule has 8 nitrogen and oxygen atoms in total. The Hall–Kier alpha value is -4.59. The zero-order chi connectivity index (χ0) is 27.0. The van der Waals surface area contributed by atoms with Crippen LogP contribution in [-0.4, -0.2) is 37.7 Å². The molecule has 38 heavy (non-hydrogen) atoms. The highest BCUT2D eigenvalue weighted by Gasteiger charge is 2.24. The minimum absolute atomic E-state index is 0.0203. The van der Waals surface area contributed by atoms with E-state index in [1.165, 1.54) is 0 Å². The quantitative estimate of drug-likeness (QED) is 0.341. The minimum atomic E-state index is -0.375. The Morgan fingerprint density at radius 1 is 1.00 bits per heavy atom.